The van der Waals surface area contributed by atoms with Crippen molar-refractivity contribution in [3.63, 3.8) is 0 Å². The third-order valence-electron chi connectivity index (χ3n) is 2.62. The molecule has 0 amide bonds. The smallest absolute Gasteiger partial charge is 0.180 e. The molecule has 0 radical (unpaired) electrons. The van der Waals surface area contributed by atoms with E-state index in [-0.39, 0.29) is 15.5 Å². The van der Waals surface area contributed by atoms with E-state index in [1.165, 1.54) is 12.8 Å². The predicted octanol–water partition coefficient (Wildman–Crippen LogP) is 1.43. The Morgan fingerprint density at radius 2 is 2.24 bits per heavy atom. The van der Waals surface area contributed by atoms with Crippen molar-refractivity contribution in [1.29, 1.82) is 5.26 Å². The number of sulfone groups is 1. The molecule has 5 nitrogen and oxygen atoms in total. The summed E-state index contributed by atoms with van der Waals surface area (Å²) in [4.78, 5) is 0.323. The molecule has 2 rings (SSSR count). The molecule has 0 spiro atoms. The van der Waals surface area contributed by atoms with Crippen LogP contribution in [0, 0.1) is 17.2 Å². The standard InChI is InChI=1S/C10H13N3O2S2/c1-17(14,15)9-8(12)7(4-11)16-10(9)13-5-6-2-3-6/h6,13H,2-3,5,12H2,1H3. The Morgan fingerprint density at radius 1 is 1.59 bits per heavy atom. The number of rotatable bonds is 4. The highest BCUT2D eigenvalue weighted by atomic mass is 32.2. The number of nitrogen functional groups attached to an aromatic ring is 1. The monoisotopic (exact) mass is 271 g/mol. The molecule has 92 valence electrons. The van der Waals surface area contributed by atoms with Gasteiger partial charge in [-0.25, -0.2) is 8.42 Å². The van der Waals surface area contributed by atoms with E-state index >= 15 is 0 Å². The Kier molecular flexibility index (Phi) is 3.02. The highest BCUT2D eigenvalue weighted by Gasteiger charge is 2.26. The summed E-state index contributed by atoms with van der Waals surface area (Å²) in [6.45, 7) is 0.743. The van der Waals surface area contributed by atoms with Gasteiger partial charge in [0.15, 0.2) is 9.84 Å². The Labute approximate surface area is 104 Å². The van der Waals surface area contributed by atoms with Crippen LogP contribution in [0.2, 0.25) is 0 Å². The number of anilines is 2. The fourth-order valence-corrected chi connectivity index (χ4v) is 3.93. The summed E-state index contributed by atoms with van der Waals surface area (Å²) in [5.74, 6) is 0.622. The number of thiophene rings is 1. The molecule has 1 heterocycles. The van der Waals surface area contributed by atoms with Crippen molar-refractivity contribution in [2.24, 2.45) is 5.92 Å². The number of nitriles is 1. The maximum absolute atomic E-state index is 11.6. The first kappa shape index (κ1) is 12.2. The molecule has 1 saturated carbocycles. The quantitative estimate of drug-likeness (QED) is 0.863. The van der Waals surface area contributed by atoms with Gasteiger partial charge in [-0.3, -0.25) is 0 Å². The van der Waals surface area contributed by atoms with Crippen molar-refractivity contribution in [2.75, 3.05) is 23.9 Å². The van der Waals surface area contributed by atoms with Crippen molar-refractivity contribution in [3.05, 3.63) is 4.88 Å². The Morgan fingerprint density at radius 3 is 2.71 bits per heavy atom. The molecule has 1 aliphatic carbocycles. The third-order valence-corrected chi connectivity index (χ3v) is 4.98. The van der Waals surface area contributed by atoms with Gasteiger partial charge in [-0.15, -0.1) is 11.3 Å². The summed E-state index contributed by atoms with van der Waals surface area (Å²) in [7, 11) is -3.41. The van der Waals surface area contributed by atoms with Crippen molar-refractivity contribution < 1.29 is 8.42 Å². The molecule has 0 unspecified atom stereocenters. The molecular weight excluding hydrogens is 258 g/mol. The second-order valence-corrected chi connectivity index (χ2v) is 7.18. The highest BCUT2D eigenvalue weighted by molar-refractivity contribution is 7.91. The summed E-state index contributed by atoms with van der Waals surface area (Å²) in [6.07, 6.45) is 3.45. The zero-order valence-corrected chi connectivity index (χ0v) is 11.0. The molecule has 1 fully saturated rings. The minimum absolute atomic E-state index is 0.0679. The van der Waals surface area contributed by atoms with Crippen LogP contribution < -0.4 is 11.1 Å². The van der Waals surface area contributed by atoms with Gasteiger partial charge in [-0.2, -0.15) is 5.26 Å². The summed E-state index contributed by atoms with van der Waals surface area (Å²) in [5.41, 5.74) is 5.76. The topological polar surface area (TPSA) is 96.0 Å². The maximum atomic E-state index is 11.6. The SMILES string of the molecule is CS(=O)(=O)c1c(NCC2CC2)sc(C#N)c1N. The average Bonchev–Trinajstić information content (AvgIpc) is 2.98. The molecule has 0 aromatic carbocycles. The number of nitrogens with one attached hydrogen (secondary N) is 1. The zero-order valence-electron chi connectivity index (χ0n) is 9.36. The van der Waals surface area contributed by atoms with Crippen molar-refractivity contribution in [3.8, 4) is 6.07 Å². The van der Waals surface area contributed by atoms with Gasteiger partial charge in [0.1, 0.15) is 20.8 Å². The number of nitrogens with zero attached hydrogens (tertiary/aromatic N) is 1. The van der Waals surface area contributed by atoms with Crippen molar-refractivity contribution in [1.82, 2.24) is 0 Å². The summed E-state index contributed by atoms with van der Waals surface area (Å²) >= 11 is 1.11. The minimum Gasteiger partial charge on any atom is -0.396 e. The average molecular weight is 271 g/mol. The van der Waals surface area contributed by atoms with Crippen LogP contribution >= 0.6 is 11.3 Å². The lowest BCUT2D eigenvalue weighted by Crippen LogP contribution is -2.07. The fourth-order valence-electron chi connectivity index (χ4n) is 1.56. The van der Waals surface area contributed by atoms with E-state index in [2.05, 4.69) is 5.32 Å². The minimum atomic E-state index is -3.41. The Hall–Kier alpha value is -1.26. The van der Waals surface area contributed by atoms with Gasteiger partial charge in [0.05, 0.1) is 5.69 Å². The van der Waals surface area contributed by atoms with Gasteiger partial charge < -0.3 is 11.1 Å². The van der Waals surface area contributed by atoms with E-state index in [0.717, 1.165) is 24.1 Å². The zero-order chi connectivity index (χ0) is 12.6. The normalized spacial score (nSPS) is 15.5. The molecule has 1 aromatic heterocycles. The maximum Gasteiger partial charge on any atom is 0.180 e. The highest BCUT2D eigenvalue weighted by Crippen LogP contribution is 2.39. The van der Waals surface area contributed by atoms with Crippen LogP contribution in [-0.4, -0.2) is 21.2 Å². The van der Waals surface area contributed by atoms with Crippen LogP contribution in [0.4, 0.5) is 10.7 Å². The Bertz CT molecular complexity index is 579. The first-order chi connectivity index (χ1) is 7.93. The molecule has 0 atom stereocenters. The lowest BCUT2D eigenvalue weighted by Gasteiger charge is -2.05. The van der Waals surface area contributed by atoms with Crippen LogP contribution in [0.3, 0.4) is 0 Å². The van der Waals surface area contributed by atoms with Gasteiger partial charge in [0, 0.05) is 12.8 Å². The van der Waals surface area contributed by atoms with Gasteiger partial charge in [0.2, 0.25) is 0 Å². The number of hydrogen-bond donors (Lipinski definition) is 2. The van der Waals surface area contributed by atoms with E-state index in [9.17, 15) is 8.42 Å². The van der Waals surface area contributed by atoms with Crippen LogP contribution in [0.15, 0.2) is 4.90 Å². The first-order valence-corrected chi connectivity index (χ1v) is 7.90. The van der Waals surface area contributed by atoms with E-state index in [4.69, 9.17) is 11.0 Å². The van der Waals surface area contributed by atoms with Gasteiger partial charge >= 0.3 is 0 Å². The number of hydrogen-bond acceptors (Lipinski definition) is 6. The van der Waals surface area contributed by atoms with Crippen molar-refractivity contribution in [2.45, 2.75) is 17.7 Å². The molecule has 3 N–H and O–H groups in total. The van der Waals surface area contributed by atoms with Gasteiger partial charge in [-0.05, 0) is 18.8 Å². The molecule has 0 aliphatic heterocycles. The molecule has 1 aliphatic rings. The van der Waals surface area contributed by atoms with Gasteiger partial charge in [0.25, 0.3) is 0 Å². The van der Waals surface area contributed by atoms with Crippen molar-refractivity contribution >= 4 is 31.9 Å². The predicted molar refractivity (Wildman–Crippen MR) is 67.8 cm³/mol. The lowest BCUT2D eigenvalue weighted by atomic mass is 10.4. The molecule has 7 heteroatoms. The van der Waals surface area contributed by atoms with E-state index in [1.54, 1.807) is 0 Å². The van der Waals surface area contributed by atoms with Gasteiger partial charge in [-0.1, -0.05) is 0 Å². The molecule has 1 aromatic rings. The summed E-state index contributed by atoms with van der Waals surface area (Å²) in [5, 5.41) is 12.4. The van der Waals surface area contributed by atoms with E-state index < -0.39 is 9.84 Å². The molecule has 17 heavy (non-hydrogen) atoms. The number of nitrogens with two attached hydrogens (primary N) is 1. The van der Waals surface area contributed by atoms with E-state index in [0.29, 0.717) is 10.9 Å². The summed E-state index contributed by atoms with van der Waals surface area (Å²) < 4.78 is 23.3. The Balaban J connectivity index is 2.38. The largest absolute Gasteiger partial charge is 0.396 e. The lowest BCUT2D eigenvalue weighted by molar-refractivity contribution is 0.602. The van der Waals surface area contributed by atoms with Crippen LogP contribution in [0.5, 0.6) is 0 Å². The van der Waals surface area contributed by atoms with Crippen LogP contribution in [0.1, 0.15) is 17.7 Å². The third kappa shape index (κ3) is 2.53. The van der Waals surface area contributed by atoms with Crippen LogP contribution in [-0.2, 0) is 9.84 Å². The first-order valence-electron chi connectivity index (χ1n) is 5.19. The molecule has 0 saturated heterocycles. The van der Waals surface area contributed by atoms with E-state index in [1.807, 2.05) is 6.07 Å². The fraction of sp³-hybridized carbons (Fsp3) is 0.500. The molecule has 0 bridgehead atoms. The van der Waals surface area contributed by atoms with Crippen LogP contribution in [0.25, 0.3) is 0 Å². The second kappa shape index (κ2) is 4.20. The second-order valence-electron chi connectivity index (χ2n) is 4.21. The summed E-state index contributed by atoms with van der Waals surface area (Å²) in [6, 6.07) is 1.92. The molecular formula is C10H13N3O2S2.